The molecular formula is C22H29FN2O. The molecule has 1 fully saturated rings. The average Bonchev–Trinajstić information content (AvgIpc) is 2.64. The molecule has 26 heavy (non-hydrogen) atoms. The molecule has 0 amide bonds. The van der Waals surface area contributed by atoms with Crippen molar-refractivity contribution in [2.75, 3.05) is 13.1 Å². The van der Waals surface area contributed by atoms with Gasteiger partial charge in [0.2, 0.25) is 0 Å². The van der Waals surface area contributed by atoms with E-state index in [1.54, 1.807) is 12.1 Å². The smallest absolute Gasteiger partial charge is 0.123 e. The maximum atomic E-state index is 13.5. The summed E-state index contributed by atoms with van der Waals surface area (Å²) in [5.41, 5.74) is 7.89. The summed E-state index contributed by atoms with van der Waals surface area (Å²) in [6.07, 6.45) is 3.75. The number of nitrogens with zero attached hydrogens (tertiary/aromatic N) is 1. The van der Waals surface area contributed by atoms with Gasteiger partial charge in [-0.25, -0.2) is 4.39 Å². The van der Waals surface area contributed by atoms with E-state index >= 15 is 0 Å². The largest absolute Gasteiger partial charge is 0.387 e. The van der Waals surface area contributed by atoms with Crippen molar-refractivity contribution < 1.29 is 9.50 Å². The van der Waals surface area contributed by atoms with Crippen molar-refractivity contribution >= 4 is 0 Å². The summed E-state index contributed by atoms with van der Waals surface area (Å²) < 4.78 is 13.5. The van der Waals surface area contributed by atoms with Crippen molar-refractivity contribution in [3.8, 4) is 0 Å². The first-order valence-electron chi connectivity index (χ1n) is 9.55. The fraction of sp³-hybridized carbons (Fsp3) is 0.455. The van der Waals surface area contributed by atoms with Gasteiger partial charge in [0, 0.05) is 25.7 Å². The van der Waals surface area contributed by atoms with Gasteiger partial charge in [0.25, 0.3) is 0 Å². The van der Waals surface area contributed by atoms with Gasteiger partial charge in [-0.1, -0.05) is 42.5 Å². The Morgan fingerprint density at radius 1 is 1.04 bits per heavy atom. The molecule has 2 aromatic carbocycles. The molecule has 0 bridgehead atoms. The average molecular weight is 356 g/mol. The molecule has 1 aliphatic rings. The number of nitrogens with two attached hydrogens (primary N) is 1. The number of aliphatic hydroxyl groups is 1. The van der Waals surface area contributed by atoms with E-state index < -0.39 is 6.10 Å². The molecule has 1 saturated carbocycles. The molecule has 1 atom stereocenters. The number of hydrogen-bond donors (Lipinski definition) is 2. The molecule has 2 aromatic rings. The van der Waals surface area contributed by atoms with Crippen LogP contribution >= 0.6 is 0 Å². The molecule has 3 rings (SSSR count). The highest BCUT2D eigenvalue weighted by Crippen LogP contribution is 2.26. The molecule has 0 aliphatic heterocycles. The molecule has 140 valence electrons. The Morgan fingerprint density at radius 2 is 1.77 bits per heavy atom. The fourth-order valence-electron chi connectivity index (χ4n) is 3.85. The van der Waals surface area contributed by atoms with Gasteiger partial charge in [-0.3, -0.25) is 4.90 Å². The van der Waals surface area contributed by atoms with Crippen LogP contribution in [0.1, 0.15) is 42.9 Å². The van der Waals surface area contributed by atoms with Crippen molar-refractivity contribution in [3.63, 3.8) is 0 Å². The normalized spacial score (nSPS) is 21.7. The van der Waals surface area contributed by atoms with Crippen molar-refractivity contribution in [2.24, 2.45) is 11.7 Å². The van der Waals surface area contributed by atoms with Crippen LogP contribution in [0.2, 0.25) is 0 Å². The molecule has 0 unspecified atom stereocenters. The van der Waals surface area contributed by atoms with Crippen LogP contribution in [0.25, 0.3) is 0 Å². The van der Waals surface area contributed by atoms with E-state index in [0.717, 1.165) is 38.8 Å². The van der Waals surface area contributed by atoms with Gasteiger partial charge >= 0.3 is 0 Å². The summed E-state index contributed by atoms with van der Waals surface area (Å²) in [4.78, 5) is 2.30. The zero-order valence-corrected chi connectivity index (χ0v) is 15.2. The van der Waals surface area contributed by atoms with Gasteiger partial charge in [0.05, 0.1) is 6.10 Å². The second kappa shape index (κ2) is 9.26. The van der Waals surface area contributed by atoms with Gasteiger partial charge in [0.15, 0.2) is 0 Å². The lowest BCUT2D eigenvalue weighted by molar-refractivity contribution is 0.0916. The molecule has 4 heteroatoms. The summed E-state index contributed by atoms with van der Waals surface area (Å²) in [6.45, 7) is 2.23. The monoisotopic (exact) mass is 356 g/mol. The Balaban J connectivity index is 1.67. The minimum Gasteiger partial charge on any atom is -0.387 e. The van der Waals surface area contributed by atoms with Gasteiger partial charge in [-0.15, -0.1) is 0 Å². The second-order valence-electron chi connectivity index (χ2n) is 7.53. The predicted molar refractivity (Wildman–Crippen MR) is 103 cm³/mol. The number of aliphatic hydroxyl groups excluding tert-OH is 1. The van der Waals surface area contributed by atoms with Gasteiger partial charge < -0.3 is 10.8 Å². The Hall–Kier alpha value is -1.75. The molecule has 0 spiro atoms. The highest BCUT2D eigenvalue weighted by molar-refractivity contribution is 5.19. The number of halogens is 1. The Labute approximate surface area is 155 Å². The van der Waals surface area contributed by atoms with Crippen LogP contribution in [-0.2, 0) is 6.54 Å². The quantitative estimate of drug-likeness (QED) is 0.791. The predicted octanol–water partition coefficient (Wildman–Crippen LogP) is 3.88. The highest BCUT2D eigenvalue weighted by Gasteiger charge is 2.23. The summed E-state index contributed by atoms with van der Waals surface area (Å²) in [5, 5.41) is 10.6. The van der Waals surface area contributed by atoms with Crippen LogP contribution in [0.15, 0.2) is 54.6 Å². The van der Waals surface area contributed by atoms with Crippen molar-refractivity contribution in [1.29, 1.82) is 0 Å². The van der Waals surface area contributed by atoms with Crippen molar-refractivity contribution in [3.05, 3.63) is 71.5 Å². The summed E-state index contributed by atoms with van der Waals surface area (Å²) in [7, 11) is 0. The highest BCUT2D eigenvalue weighted by atomic mass is 19.1. The maximum Gasteiger partial charge on any atom is 0.123 e. The first-order valence-corrected chi connectivity index (χ1v) is 9.55. The molecule has 3 N–H and O–H groups in total. The standard InChI is InChI=1S/C22H29FN2O/c23-20-8-4-7-19(13-20)22(26)16-25(14-17-5-2-1-3-6-17)15-18-9-11-21(24)12-10-18/h1-8,13,18,21-22,26H,9-12,14-16,24H2/t18?,21?,22-/m0/s1. The van der Waals surface area contributed by atoms with E-state index in [0.29, 0.717) is 24.1 Å². The number of hydrogen-bond acceptors (Lipinski definition) is 3. The Kier molecular flexibility index (Phi) is 6.78. The molecule has 3 nitrogen and oxygen atoms in total. The van der Waals surface area contributed by atoms with Gasteiger partial charge in [-0.2, -0.15) is 0 Å². The third-order valence-corrected chi connectivity index (χ3v) is 5.32. The first kappa shape index (κ1) is 19.0. The summed E-state index contributed by atoms with van der Waals surface area (Å²) in [6, 6.07) is 16.9. The molecule has 0 heterocycles. The van der Waals surface area contributed by atoms with E-state index in [2.05, 4.69) is 17.0 Å². The topological polar surface area (TPSA) is 49.5 Å². The van der Waals surface area contributed by atoms with Crippen LogP contribution in [-0.4, -0.2) is 29.1 Å². The summed E-state index contributed by atoms with van der Waals surface area (Å²) in [5.74, 6) is 0.302. The molecule has 0 saturated heterocycles. The molecule has 0 radical (unpaired) electrons. The molecule has 0 aromatic heterocycles. The van der Waals surface area contributed by atoms with E-state index in [1.807, 2.05) is 18.2 Å². The van der Waals surface area contributed by atoms with E-state index in [4.69, 9.17) is 5.73 Å². The van der Waals surface area contributed by atoms with Crippen LogP contribution in [0.3, 0.4) is 0 Å². The SMILES string of the molecule is NC1CCC(CN(Cc2ccccc2)C[C@H](O)c2cccc(F)c2)CC1. The third kappa shape index (κ3) is 5.63. The van der Waals surface area contributed by atoms with Crippen molar-refractivity contribution in [2.45, 2.75) is 44.4 Å². The Bertz CT molecular complexity index is 671. The Morgan fingerprint density at radius 3 is 2.46 bits per heavy atom. The van der Waals surface area contributed by atoms with E-state index in [1.165, 1.54) is 17.7 Å². The first-order chi connectivity index (χ1) is 12.6. The zero-order valence-electron chi connectivity index (χ0n) is 15.2. The van der Waals surface area contributed by atoms with Gasteiger partial charge in [0.1, 0.15) is 5.82 Å². The third-order valence-electron chi connectivity index (χ3n) is 5.32. The minimum absolute atomic E-state index is 0.308. The van der Waals surface area contributed by atoms with Crippen LogP contribution in [0, 0.1) is 11.7 Å². The summed E-state index contributed by atoms with van der Waals surface area (Å²) >= 11 is 0. The van der Waals surface area contributed by atoms with E-state index in [-0.39, 0.29) is 5.82 Å². The van der Waals surface area contributed by atoms with Crippen LogP contribution in [0.4, 0.5) is 4.39 Å². The lowest BCUT2D eigenvalue weighted by atomic mass is 9.86. The zero-order chi connectivity index (χ0) is 18.4. The minimum atomic E-state index is -0.694. The maximum absolute atomic E-state index is 13.5. The van der Waals surface area contributed by atoms with Crippen LogP contribution in [0.5, 0.6) is 0 Å². The number of benzene rings is 2. The van der Waals surface area contributed by atoms with E-state index in [9.17, 15) is 9.50 Å². The second-order valence-corrected chi connectivity index (χ2v) is 7.53. The molecular weight excluding hydrogens is 327 g/mol. The molecule has 1 aliphatic carbocycles. The lowest BCUT2D eigenvalue weighted by Crippen LogP contribution is -2.36. The van der Waals surface area contributed by atoms with Crippen LogP contribution < -0.4 is 5.73 Å². The van der Waals surface area contributed by atoms with Gasteiger partial charge in [-0.05, 0) is 54.9 Å². The lowest BCUT2D eigenvalue weighted by Gasteiger charge is -2.33. The van der Waals surface area contributed by atoms with Crippen molar-refractivity contribution in [1.82, 2.24) is 4.90 Å². The fourth-order valence-corrected chi connectivity index (χ4v) is 3.85. The number of rotatable bonds is 7.